The second-order valence-electron chi connectivity index (χ2n) is 7.51. The molecule has 3 amide bonds. The van der Waals surface area contributed by atoms with E-state index < -0.39 is 0 Å². The molecule has 1 aromatic carbocycles. The van der Waals surface area contributed by atoms with Gasteiger partial charge in [-0.2, -0.15) is 0 Å². The van der Waals surface area contributed by atoms with Gasteiger partial charge in [-0.25, -0.2) is 0 Å². The number of rotatable bonds is 3. The Bertz CT molecular complexity index is 739. The van der Waals surface area contributed by atoms with E-state index in [1.165, 1.54) is 0 Å². The predicted octanol–water partition coefficient (Wildman–Crippen LogP) is 1.27. The maximum absolute atomic E-state index is 12.9. The van der Waals surface area contributed by atoms with Crippen molar-refractivity contribution in [2.75, 3.05) is 44.2 Å². The topological polar surface area (TPSA) is 73.0 Å². The third-order valence-corrected chi connectivity index (χ3v) is 5.75. The van der Waals surface area contributed by atoms with Crippen LogP contribution in [0.4, 0.5) is 5.69 Å². The number of likely N-dealkylation sites (tertiary alicyclic amines) is 1. The van der Waals surface area contributed by atoms with E-state index in [-0.39, 0.29) is 36.2 Å². The van der Waals surface area contributed by atoms with E-state index in [2.05, 4.69) is 5.32 Å². The minimum absolute atomic E-state index is 0. The van der Waals surface area contributed by atoms with Gasteiger partial charge < -0.3 is 20.0 Å². The first-order valence-electron chi connectivity index (χ1n) is 9.83. The highest BCUT2D eigenvalue weighted by atomic mass is 35.5. The molecule has 3 aliphatic rings. The zero-order chi connectivity index (χ0) is 18.8. The van der Waals surface area contributed by atoms with Crippen LogP contribution in [0.5, 0.6) is 0 Å². The van der Waals surface area contributed by atoms with Crippen LogP contribution in [0.25, 0.3) is 0 Å². The molecule has 152 valence electrons. The maximum atomic E-state index is 12.9. The molecule has 0 radical (unpaired) electrons. The quantitative estimate of drug-likeness (QED) is 0.820. The van der Waals surface area contributed by atoms with Gasteiger partial charge in [0.2, 0.25) is 11.8 Å². The largest absolute Gasteiger partial charge is 0.337 e. The van der Waals surface area contributed by atoms with E-state index in [0.29, 0.717) is 31.6 Å². The second-order valence-corrected chi connectivity index (χ2v) is 7.51. The summed E-state index contributed by atoms with van der Waals surface area (Å²) in [5.74, 6) is 0.274. The zero-order valence-corrected chi connectivity index (χ0v) is 16.7. The highest BCUT2D eigenvalue weighted by Crippen LogP contribution is 2.23. The minimum atomic E-state index is 0. The molecule has 0 aliphatic carbocycles. The van der Waals surface area contributed by atoms with Crippen LogP contribution in [-0.4, -0.2) is 72.8 Å². The Morgan fingerprint density at radius 3 is 2.46 bits per heavy atom. The van der Waals surface area contributed by atoms with Gasteiger partial charge in [-0.15, -0.1) is 12.4 Å². The van der Waals surface area contributed by atoms with Gasteiger partial charge in [0.1, 0.15) is 0 Å². The Morgan fingerprint density at radius 1 is 1.00 bits per heavy atom. The van der Waals surface area contributed by atoms with Crippen molar-refractivity contribution < 1.29 is 14.4 Å². The number of anilines is 1. The number of piperidine rings is 1. The van der Waals surface area contributed by atoms with Crippen LogP contribution in [0, 0.1) is 0 Å². The SMILES string of the molecule is Cl.O=C(c1ccc(N2CCCC2=O)cc1)N1CCCC(N2CCNCC2=O)C1. The number of nitrogens with one attached hydrogen (secondary N) is 1. The fourth-order valence-electron chi connectivity index (χ4n) is 4.29. The van der Waals surface area contributed by atoms with Crippen LogP contribution in [-0.2, 0) is 9.59 Å². The smallest absolute Gasteiger partial charge is 0.253 e. The summed E-state index contributed by atoms with van der Waals surface area (Å²) in [6.07, 6.45) is 3.35. The van der Waals surface area contributed by atoms with Crippen molar-refractivity contribution in [2.45, 2.75) is 31.7 Å². The van der Waals surface area contributed by atoms with Gasteiger partial charge in [-0.05, 0) is 43.5 Å². The lowest BCUT2D eigenvalue weighted by Gasteiger charge is -2.41. The first-order chi connectivity index (χ1) is 13.1. The molecule has 3 fully saturated rings. The standard InChI is InChI=1S/C20H26N4O3.ClH/c25-18-4-2-11-23(18)16-7-5-15(6-8-16)20(27)22-10-1-3-17(14-22)24-12-9-21-13-19(24)26;/h5-8,17,21H,1-4,9-14H2;1H. The van der Waals surface area contributed by atoms with Gasteiger partial charge >= 0.3 is 0 Å². The van der Waals surface area contributed by atoms with Crippen molar-refractivity contribution in [2.24, 2.45) is 0 Å². The first-order valence-corrected chi connectivity index (χ1v) is 9.83. The van der Waals surface area contributed by atoms with Crippen LogP contribution in [0.15, 0.2) is 24.3 Å². The van der Waals surface area contributed by atoms with Gasteiger partial charge in [-0.1, -0.05) is 0 Å². The minimum Gasteiger partial charge on any atom is -0.337 e. The van der Waals surface area contributed by atoms with Gasteiger partial charge in [0.05, 0.1) is 6.54 Å². The molecule has 8 heteroatoms. The molecule has 0 aromatic heterocycles. The number of halogens is 1. The van der Waals surface area contributed by atoms with E-state index in [1.807, 2.05) is 34.1 Å². The summed E-state index contributed by atoms with van der Waals surface area (Å²) in [6.45, 7) is 3.98. The number of nitrogens with zero attached hydrogens (tertiary/aromatic N) is 3. The lowest BCUT2D eigenvalue weighted by Crippen LogP contribution is -2.57. The second kappa shape index (κ2) is 8.92. The summed E-state index contributed by atoms with van der Waals surface area (Å²) in [6, 6.07) is 7.44. The Kier molecular flexibility index (Phi) is 6.57. The highest BCUT2D eigenvalue weighted by molar-refractivity contribution is 5.97. The lowest BCUT2D eigenvalue weighted by atomic mass is 10.0. The molecule has 3 saturated heterocycles. The van der Waals surface area contributed by atoms with Gasteiger partial charge in [-0.3, -0.25) is 14.4 Å². The van der Waals surface area contributed by atoms with E-state index in [1.54, 1.807) is 4.90 Å². The summed E-state index contributed by atoms with van der Waals surface area (Å²) in [4.78, 5) is 42.5. The number of amides is 3. The number of piperazine rings is 1. The van der Waals surface area contributed by atoms with Gasteiger partial charge in [0.15, 0.2) is 0 Å². The molecule has 1 atom stereocenters. The Morgan fingerprint density at radius 2 is 1.79 bits per heavy atom. The Hall–Kier alpha value is -2.12. The molecule has 3 heterocycles. The molecular formula is C20H27ClN4O3. The molecule has 0 bridgehead atoms. The number of benzene rings is 1. The molecule has 0 saturated carbocycles. The third kappa shape index (κ3) is 4.15. The summed E-state index contributed by atoms with van der Waals surface area (Å²) >= 11 is 0. The first kappa shape index (κ1) is 20.6. The van der Waals surface area contributed by atoms with Crippen LogP contribution >= 0.6 is 12.4 Å². The van der Waals surface area contributed by atoms with Crippen LogP contribution in [0.3, 0.4) is 0 Å². The van der Waals surface area contributed by atoms with Crippen molar-refractivity contribution in [3.8, 4) is 0 Å². The normalized spacial score (nSPS) is 23.0. The average molecular weight is 407 g/mol. The molecule has 4 rings (SSSR count). The van der Waals surface area contributed by atoms with E-state index in [4.69, 9.17) is 0 Å². The molecule has 1 unspecified atom stereocenters. The van der Waals surface area contributed by atoms with Gasteiger partial charge in [0, 0.05) is 56.4 Å². The predicted molar refractivity (Wildman–Crippen MR) is 109 cm³/mol. The average Bonchev–Trinajstić information content (AvgIpc) is 3.14. The third-order valence-electron chi connectivity index (χ3n) is 5.75. The number of carbonyl (C=O) groups excluding carboxylic acids is 3. The summed E-state index contributed by atoms with van der Waals surface area (Å²) < 4.78 is 0. The van der Waals surface area contributed by atoms with E-state index in [0.717, 1.165) is 44.6 Å². The van der Waals surface area contributed by atoms with Crippen molar-refractivity contribution in [1.82, 2.24) is 15.1 Å². The summed E-state index contributed by atoms with van der Waals surface area (Å²) in [5, 5.41) is 3.10. The monoisotopic (exact) mass is 406 g/mol. The summed E-state index contributed by atoms with van der Waals surface area (Å²) in [7, 11) is 0. The number of hydrogen-bond donors (Lipinski definition) is 1. The van der Waals surface area contributed by atoms with Gasteiger partial charge in [0.25, 0.3) is 5.91 Å². The fourth-order valence-corrected chi connectivity index (χ4v) is 4.29. The van der Waals surface area contributed by atoms with Crippen molar-refractivity contribution in [1.29, 1.82) is 0 Å². The lowest BCUT2D eigenvalue weighted by molar-refractivity contribution is -0.135. The Labute approximate surface area is 171 Å². The Balaban J connectivity index is 0.00000225. The molecular weight excluding hydrogens is 380 g/mol. The van der Waals surface area contributed by atoms with Crippen molar-refractivity contribution in [3.05, 3.63) is 29.8 Å². The van der Waals surface area contributed by atoms with Crippen molar-refractivity contribution in [3.63, 3.8) is 0 Å². The number of carbonyl (C=O) groups is 3. The molecule has 7 nitrogen and oxygen atoms in total. The van der Waals surface area contributed by atoms with E-state index in [9.17, 15) is 14.4 Å². The number of hydrogen-bond acceptors (Lipinski definition) is 4. The molecule has 0 spiro atoms. The fraction of sp³-hybridized carbons (Fsp3) is 0.550. The molecule has 28 heavy (non-hydrogen) atoms. The zero-order valence-electron chi connectivity index (χ0n) is 15.9. The van der Waals surface area contributed by atoms with Crippen molar-refractivity contribution >= 4 is 35.8 Å². The van der Waals surface area contributed by atoms with Crippen LogP contribution < -0.4 is 10.2 Å². The van der Waals surface area contributed by atoms with Crippen LogP contribution in [0.1, 0.15) is 36.0 Å². The van der Waals surface area contributed by atoms with Crippen LogP contribution in [0.2, 0.25) is 0 Å². The molecule has 1 N–H and O–H groups in total. The summed E-state index contributed by atoms with van der Waals surface area (Å²) in [5.41, 5.74) is 1.50. The highest BCUT2D eigenvalue weighted by Gasteiger charge is 2.32. The maximum Gasteiger partial charge on any atom is 0.253 e. The molecule has 3 aliphatic heterocycles. The van der Waals surface area contributed by atoms with E-state index >= 15 is 0 Å². The molecule has 1 aromatic rings.